The minimum Gasteiger partial charge on any atom is -0.391 e. The van der Waals surface area contributed by atoms with Crippen molar-refractivity contribution in [2.24, 2.45) is 0 Å². The van der Waals surface area contributed by atoms with E-state index in [4.69, 9.17) is 9.79 Å². The molecule has 0 rings (SSSR count). The first kappa shape index (κ1) is 49.5. The van der Waals surface area contributed by atoms with Crippen molar-refractivity contribution in [2.45, 2.75) is 257 Å². The summed E-state index contributed by atoms with van der Waals surface area (Å²) in [6.07, 6.45) is 43.8. The third kappa shape index (κ3) is 38.8. The average Bonchev–Trinajstić information content (AvgIpc) is 3.08. The average molecular weight is 732 g/mol. The summed E-state index contributed by atoms with van der Waals surface area (Å²) in [6, 6.07) is -0.817. The molecule has 0 spiro atoms. The van der Waals surface area contributed by atoms with Gasteiger partial charge in [-0.3, -0.25) is 9.32 Å². The van der Waals surface area contributed by atoms with Crippen molar-refractivity contribution in [2.75, 3.05) is 6.61 Å². The normalized spacial score (nSPS) is 13.1. The summed E-state index contributed by atoms with van der Waals surface area (Å²) in [5.74, 6) is -0.189. The second kappa shape index (κ2) is 38.3. The molecule has 50 heavy (non-hydrogen) atoms. The number of rotatable bonds is 41. The summed E-state index contributed by atoms with van der Waals surface area (Å²) in [6.45, 7) is 4.14. The van der Waals surface area contributed by atoms with E-state index in [-0.39, 0.29) is 5.91 Å². The SMILES string of the molecule is CCCCCCCCCCCCCCCCCCCCCCCCC(=O)N[C@@H](COP(=O)(O)O)[C@H](O)CCCCCCCCCCCCCC. The van der Waals surface area contributed by atoms with Gasteiger partial charge in [-0.1, -0.05) is 226 Å². The molecular weight excluding hydrogens is 645 g/mol. The highest BCUT2D eigenvalue weighted by molar-refractivity contribution is 7.46. The van der Waals surface area contributed by atoms with Gasteiger partial charge in [-0.2, -0.15) is 0 Å². The number of hydrogen-bond donors (Lipinski definition) is 4. The topological polar surface area (TPSA) is 116 Å². The Hall–Kier alpha value is -0.460. The Kier molecular flexibility index (Phi) is 37.9. The van der Waals surface area contributed by atoms with Gasteiger partial charge in [-0.25, -0.2) is 4.57 Å². The summed E-state index contributed by atoms with van der Waals surface area (Å²) >= 11 is 0. The van der Waals surface area contributed by atoms with Gasteiger partial charge >= 0.3 is 7.82 Å². The first-order valence-electron chi connectivity index (χ1n) is 22.0. The molecule has 0 bridgehead atoms. The molecule has 0 unspecified atom stereocenters. The van der Waals surface area contributed by atoms with Crippen LogP contribution >= 0.6 is 7.82 Å². The van der Waals surface area contributed by atoms with Crippen LogP contribution in [0.4, 0.5) is 0 Å². The quantitative estimate of drug-likeness (QED) is 0.0367. The van der Waals surface area contributed by atoms with E-state index in [0.29, 0.717) is 12.8 Å². The van der Waals surface area contributed by atoms with E-state index >= 15 is 0 Å². The number of unbranched alkanes of at least 4 members (excludes halogenated alkanes) is 32. The summed E-state index contributed by atoms with van der Waals surface area (Å²) in [4.78, 5) is 30.9. The Morgan fingerprint density at radius 2 is 0.780 bits per heavy atom. The lowest BCUT2D eigenvalue weighted by Gasteiger charge is -2.24. The van der Waals surface area contributed by atoms with Crippen LogP contribution in [0.25, 0.3) is 0 Å². The van der Waals surface area contributed by atoms with Gasteiger partial charge in [0, 0.05) is 6.42 Å². The molecule has 0 fully saturated rings. The first-order valence-corrected chi connectivity index (χ1v) is 23.5. The third-order valence-electron chi connectivity index (χ3n) is 10.3. The zero-order chi connectivity index (χ0) is 36.8. The zero-order valence-corrected chi connectivity index (χ0v) is 34.2. The molecule has 8 heteroatoms. The Morgan fingerprint density at radius 1 is 0.500 bits per heavy atom. The predicted molar refractivity (Wildman–Crippen MR) is 213 cm³/mol. The van der Waals surface area contributed by atoms with Gasteiger partial charge in [0.05, 0.1) is 18.8 Å². The summed E-state index contributed by atoms with van der Waals surface area (Å²) in [5, 5.41) is 13.5. The van der Waals surface area contributed by atoms with Crippen LogP contribution in [0.1, 0.15) is 245 Å². The van der Waals surface area contributed by atoms with Gasteiger partial charge in [0.2, 0.25) is 5.91 Å². The van der Waals surface area contributed by atoms with Crippen LogP contribution in [-0.4, -0.2) is 39.6 Å². The van der Waals surface area contributed by atoms with Gasteiger partial charge in [-0.15, -0.1) is 0 Å². The maximum Gasteiger partial charge on any atom is 0.469 e. The second-order valence-corrected chi connectivity index (χ2v) is 16.6. The highest BCUT2D eigenvalue weighted by atomic mass is 31.2. The highest BCUT2D eigenvalue weighted by Gasteiger charge is 2.25. The van der Waals surface area contributed by atoms with Crippen LogP contribution < -0.4 is 5.32 Å². The number of amides is 1. The second-order valence-electron chi connectivity index (χ2n) is 15.4. The van der Waals surface area contributed by atoms with E-state index < -0.39 is 26.6 Å². The number of nitrogens with one attached hydrogen (secondary N) is 1. The smallest absolute Gasteiger partial charge is 0.391 e. The number of phosphoric ester groups is 1. The van der Waals surface area contributed by atoms with Crippen molar-refractivity contribution >= 4 is 13.7 Å². The fraction of sp³-hybridized carbons (Fsp3) is 0.976. The molecule has 0 saturated heterocycles. The molecule has 0 aliphatic heterocycles. The lowest BCUT2D eigenvalue weighted by molar-refractivity contribution is -0.123. The maximum absolute atomic E-state index is 12.6. The van der Waals surface area contributed by atoms with E-state index in [1.54, 1.807) is 0 Å². The van der Waals surface area contributed by atoms with Crippen LogP contribution in [0.5, 0.6) is 0 Å². The number of carbonyl (C=O) groups excluding carboxylic acids is 1. The van der Waals surface area contributed by atoms with E-state index in [2.05, 4.69) is 23.7 Å². The van der Waals surface area contributed by atoms with Crippen LogP contribution in [0.15, 0.2) is 0 Å². The molecule has 300 valence electrons. The van der Waals surface area contributed by atoms with Crippen molar-refractivity contribution in [3.05, 3.63) is 0 Å². The van der Waals surface area contributed by atoms with Crippen molar-refractivity contribution in [3.63, 3.8) is 0 Å². The van der Waals surface area contributed by atoms with E-state index in [9.17, 15) is 14.5 Å². The van der Waals surface area contributed by atoms with Crippen molar-refractivity contribution < 1.29 is 28.8 Å². The van der Waals surface area contributed by atoms with Crippen molar-refractivity contribution in [1.29, 1.82) is 0 Å². The Morgan fingerprint density at radius 3 is 1.08 bits per heavy atom. The largest absolute Gasteiger partial charge is 0.469 e. The molecule has 4 N–H and O–H groups in total. The molecule has 0 aliphatic rings. The number of hydrogen-bond acceptors (Lipinski definition) is 4. The van der Waals surface area contributed by atoms with Gasteiger partial charge in [-0.05, 0) is 12.8 Å². The van der Waals surface area contributed by atoms with Gasteiger partial charge in [0.1, 0.15) is 0 Å². The Balaban J connectivity index is 3.78. The van der Waals surface area contributed by atoms with Crippen molar-refractivity contribution in [1.82, 2.24) is 5.32 Å². The Bertz CT molecular complexity index is 748. The number of carbonyl (C=O) groups is 1. The lowest BCUT2D eigenvalue weighted by Crippen LogP contribution is -2.46. The Labute approximate surface area is 310 Å². The molecule has 1 amide bonds. The van der Waals surface area contributed by atoms with Crippen LogP contribution in [0.3, 0.4) is 0 Å². The molecule has 7 nitrogen and oxygen atoms in total. The lowest BCUT2D eigenvalue weighted by atomic mass is 10.0. The summed E-state index contributed by atoms with van der Waals surface area (Å²) < 4.78 is 15.9. The third-order valence-corrected chi connectivity index (χ3v) is 10.8. The standard InChI is InChI=1S/C42H86NO6P/c1-3-5-7-9-11-13-15-17-18-19-20-21-22-23-24-25-26-28-30-32-34-36-38-42(45)43-40(39-49-50(46,47)48)41(44)37-35-33-31-29-27-16-14-12-10-8-6-4-2/h40-41,44H,3-39H2,1-2H3,(H,43,45)(H2,46,47,48)/t40-,41+/m0/s1. The van der Waals surface area contributed by atoms with Gasteiger partial charge in [0.25, 0.3) is 0 Å². The molecule has 0 aromatic carbocycles. The van der Waals surface area contributed by atoms with E-state index in [1.165, 1.54) is 180 Å². The zero-order valence-electron chi connectivity index (χ0n) is 33.3. The molecule has 0 radical (unpaired) electrons. The highest BCUT2D eigenvalue weighted by Crippen LogP contribution is 2.36. The molecule has 0 aromatic rings. The van der Waals surface area contributed by atoms with Crippen molar-refractivity contribution in [3.8, 4) is 0 Å². The maximum atomic E-state index is 12.6. The van der Waals surface area contributed by atoms with E-state index in [0.717, 1.165) is 38.5 Å². The summed E-state index contributed by atoms with van der Waals surface area (Å²) in [5.41, 5.74) is 0. The van der Waals surface area contributed by atoms with Gasteiger partial charge in [0.15, 0.2) is 0 Å². The number of aliphatic hydroxyl groups is 1. The summed E-state index contributed by atoms with van der Waals surface area (Å²) in [7, 11) is -4.68. The van der Waals surface area contributed by atoms with Crippen LogP contribution in [-0.2, 0) is 13.9 Å². The predicted octanol–water partition coefficient (Wildman–Crippen LogP) is 13.0. The minimum absolute atomic E-state index is 0.189. The van der Waals surface area contributed by atoms with Crippen LogP contribution in [0.2, 0.25) is 0 Å². The molecule has 0 heterocycles. The molecule has 0 aromatic heterocycles. The van der Waals surface area contributed by atoms with Gasteiger partial charge < -0.3 is 20.2 Å². The first-order chi connectivity index (χ1) is 24.3. The molecule has 0 aliphatic carbocycles. The molecular formula is C42H86NO6P. The van der Waals surface area contributed by atoms with Crippen LogP contribution in [0, 0.1) is 0 Å². The molecule has 2 atom stereocenters. The number of aliphatic hydroxyl groups excluding tert-OH is 1. The minimum atomic E-state index is -4.68. The monoisotopic (exact) mass is 732 g/mol. The fourth-order valence-corrected chi connectivity index (χ4v) is 7.35. The molecule has 0 saturated carbocycles. The van der Waals surface area contributed by atoms with E-state index in [1.807, 2.05) is 0 Å². The fourth-order valence-electron chi connectivity index (χ4n) is 7.00. The number of phosphoric acid groups is 1.